The number of aromatic nitrogens is 3. The van der Waals surface area contributed by atoms with Crippen molar-refractivity contribution in [3.63, 3.8) is 0 Å². The molecule has 18 heavy (non-hydrogen) atoms. The second-order valence-electron chi connectivity index (χ2n) is 4.99. The van der Waals surface area contributed by atoms with Gasteiger partial charge in [-0.15, -0.1) is 5.54 Å². The standard InChI is InChI=1S/C12H13Cl2N3Si/c1-18(2,3)8-4-7-17-12-10(11(14)16-17)9(13)5-6-15-12/h5-6H,7H2,1-3H3. The first kappa shape index (κ1) is 13.4. The van der Waals surface area contributed by atoms with Crippen LogP contribution in [0.5, 0.6) is 0 Å². The normalized spacial score (nSPS) is 11.4. The lowest BCUT2D eigenvalue weighted by molar-refractivity contribution is 0.734. The van der Waals surface area contributed by atoms with Gasteiger partial charge in [0.25, 0.3) is 0 Å². The van der Waals surface area contributed by atoms with Gasteiger partial charge in [0.2, 0.25) is 0 Å². The van der Waals surface area contributed by atoms with Gasteiger partial charge in [-0.1, -0.05) is 48.8 Å². The lowest BCUT2D eigenvalue weighted by atomic mass is 10.3. The fraction of sp³-hybridized carbons (Fsp3) is 0.333. The molecule has 2 rings (SSSR count). The number of halogens is 2. The molecular formula is C12H13Cl2N3Si. The van der Waals surface area contributed by atoms with Crippen LogP contribution < -0.4 is 0 Å². The van der Waals surface area contributed by atoms with Crippen LogP contribution in [0, 0.1) is 11.5 Å². The summed E-state index contributed by atoms with van der Waals surface area (Å²) < 4.78 is 1.69. The third kappa shape index (κ3) is 2.86. The number of hydrogen-bond acceptors (Lipinski definition) is 2. The molecule has 2 aromatic heterocycles. The Bertz CT molecular complexity index is 647. The lowest BCUT2D eigenvalue weighted by Crippen LogP contribution is -2.16. The molecule has 0 bridgehead atoms. The zero-order valence-corrected chi connectivity index (χ0v) is 13.0. The minimum Gasteiger partial charge on any atom is -0.237 e. The molecule has 2 aromatic rings. The Kier molecular flexibility index (Phi) is 3.67. The van der Waals surface area contributed by atoms with Crippen LogP contribution in [-0.2, 0) is 6.54 Å². The van der Waals surface area contributed by atoms with Crippen molar-refractivity contribution in [1.29, 1.82) is 0 Å². The average Bonchev–Trinajstić information content (AvgIpc) is 2.55. The van der Waals surface area contributed by atoms with Gasteiger partial charge in [0, 0.05) is 6.20 Å². The van der Waals surface area contributed by atoms with Crippen molar-refractivity contribution >= 4 is 42.3 Å². The second-order valence-corrected chi connectivity index (χ2v) is 10.5. The molecule has 6 heteroatoms. The van der Waals surface area contributed by atoms with Gasteiger partial charge in [-0.25, -0.2) is 9.67 Å². The lowest BCUT2D eigenvalue weighted by Gasteiger charge is -2.03. The van der Waals surface area contributed by atoms with Crippen LogP contribution in [0.4, 0.5) is 0 Å². The molecule has 0 saturated heterocycles. The molecule has 0 unspecified atom stereocenters. The molecule has 0 fully saturated rings. The van der Waals surface area contributed by atoms with E-state index in [1.165, 1.54) is 0 Å². The van der Waals surface area contributed by atoms with E-state index >= 15 is 0 Å². The summed E-state index contributed by atoms with van der Waals surface area (Å²) in [6.45, 7) is 7.08. The first-order valence-corrected chi connectivity index (χ1v) is 9.80. The Morgan fingerprint density at radius 1 is 1.33 bits per heavy atom. The monoisotopic (exact) mass is 297 g/mol. The molecule has 0 N–H and O–H groups in total. The largest absolute Gasteiger partial charge is 0.237 e. The van der Waals surface area contributed by atoms with Crippen molar-refractivity contribution in [1.82, 2.24) is 14.8 Å². The molecule has 0 aromatic carbocycles. The highest BCUT2D eigenvalue weighted by molar-refractivity contribution is 6.83. The summed E-state index contributed by atoms with van der Waals surface area (Å²) in [7, 11) is -1.36. The zero-order chi connectivity index (χ0) is 13.3. The fourth-order valence-electron chi connectivity index (χ4n) is 1.51. The van der Waals surface area contributed by atoms with Crippen LogP contribution in [0.3, 0.4) is 0 Å². The van der Waals surface area contributed by atoms with Gasteiger partial charge in [-0.3, -0.25) is 0 Å². The van der Waals surface area contributed by atoms with Crippen LogP contribution in [0.1, 0.15) is 0 Å². The average molecular weight is 298 g/mol. The molecule has 0 amide bonds. The van der Waals surface area contributed by atoms with Gasteiger partial charge in [0.05, 0.1) is 10.4 Å². The van der Waals surface area contributed by atoms with E-state index in [-0.39, 0.29) is 0 Å². The Morgan fingerprint density at radius 3 is 2.72 bits per heavy atom. The zero-order valence-electron chi connectivity index (χ0n) is 10.5. The number of rotatable bonds is 1. The summed E-state index contributed by atoms with van der Waals surface area (Å²) in [6.07, 6.45) is 1.64. The third-order valence-electron chi connectivity index (χ3n) is 2.23. The molecule has 2 heterocycles. The van der Waals surface area contributed by atoms with Gasteiger partial charge < -0.3 is 0 Å². The molecule has 0 aliphatic rings. The summed E-state index contributed by atoms with van der Waals surface area (Å²) in [5, 5.41) is 5.85. The molecule has 0 aliphatic heterocycles. The quantitative estimate of drug-likeness (QED) is 0.594. The Hall–Kier alpha value is -1.02. The molecular weight excluding hydrogens is 285 g/mol. The van der Waals surface area contributed by atoms with Gasteiger partial charge in [-0.05, 0) is 6.07 Å². The molecule has 94 valence electrons. The summed E-state index contributed by atoms with van der Waals surface area (Å²) >= 11 is 12.1. The third-order valence-corrected chi connectivity index (χ3v) is 3.74. The highest BCUT2D eigenvalue weighted by Crippen LogP contribution is 2.27. The topological polar surface area (TPSA) is 30.7 Å². The smallest absolute Gasteiger partial charge is 0.162 e. The fourth-order valence-corrected chi connectivity index (χ4v) is 2.67. The maximum Gasteiger partial charge on any atom is 0.162 e. The summed E-state index contributed by atoms with van der Waals surface area (Å²) in [5.74, 6) is 3.14. The van der Waals surface area contributed by atoms with E-state index in [0.29, 0.717) is 27.8 Å². The first-order valence-electron chi connectivity index (χ1n) is 5.55. The highest BCUT2D eigenvalue weighted by Gasteiger charge is 2.12. The minimum atomic E-state index is -1.36. The van der Waals surface area contributed by atoms with Gasteiger partial charge in [0.1, 0.15) is 14.6 Å². The maximum absolute atomic E-state index is 6.08. The van der Waals surface area contributed by atoms with E-state index in [0.717, 1.165) is 0 Å². The van der Waals surface area contributed by atoms with Gasteiger partial charge in [0.15, 0.2) is 10.8 Å². The van der Waals surface area contributed by atoms with Crippen LogP contribution in [0.25, 0.3) is 11.0 Å². The van der Waals surface area contributed by atoms with E-state index < -0.39 is 8.07 Å². The number of fused-ring (bicyclic) bond motifs is 1. The van der Waals surface area contributed by atoms with Crippen molar-refractivity contribution in [3.8, 4) is 11.5 Å². The van der Waals surface area contributed by atoms with Crippen LogP contribution in [-0.4, -0.2) is 22.8 Å². The summed E-state index contributed by atoms with van der Waals surface area (Å²) in [4.78, 5) is 4.25. The van der Waals surface area contributed by atoms with E-state index in [9.17, 15) is 0 Å². The predicted molar refractivity (Wildman–Crippen MR) is 78.7 cm³/mol. The van der Waals surface area contributed by atoms with Gasteiger partial charge in [-0.2, -0.15) is 5.10 Å². The predicted octanol–water partition coefficient (Wildman–Crippen LogP) is 3.62. The number of hydrogen-bond donors (Lipinski definition) is 0. The molecule has 0 radical (unpaired) electrons. The van der Waals surface area contributed by atoms with Crippen LogP contribution in [0.2, 0.25) is 29.8 Å². The summed E-state index contributed by atoms with van der Waals surface area (Å²) in [6, 6.07) is 1.70. The molecule has 0 spiro atoms. The van der Waals surface area contributed by atoms with E-state index in [1.54, 1.807) is 16.9 Å². The van der Waals surface area contributed by atoms with Crippen molar-refractivity contribution < 1.29 is 0 Å². The number of nitrogens with zero attached hydrogens (tertiary/aromatic N) is 3. The van der Waals surface area contributed by atoms with Crippen LogP contribution in [0.15, 0.2) is 12.3 Å². The first-order chi connectivity index (χ1) is 8.38. The second kappa shape index (κ2) is 4.92. The Labute approximate surface area is 117 Å². The molecule has 0 atom stereocenters. The molecule has 0 aliphatic carbocycles. The van der Waals surface area contributed by atoms with Gasteiger partial charge >= 0.3 is 0 Å². The number of pyridine rings is 1. The minimum absolute atomic E-state index is 0.373. The molecule has 0 saturated carbocycles. The van der Waals surface area contributed by atoms with Crippen molar-refractivity contribution in [3.05, 3.63) is 22.4 Å². The summed E-state index contributed by atoms with van der Waals surface area (Å²) in [5.41, 5.74) is 3.96. The van der Waals surface area contributed by atoms with Crippen molar-refractivity contribution in [2.24, 2.45) is 0 Å². The Balaban J connectivity index is 2.41. The van der Waals surface area contributed by atoms with Crippen molar-refractivity contribution in [2.75, 3.05) is 0 Å². The SMILES string of the molecule is C[Si](C)(C)C#CCn1nc(Cl)c2c(Cl)ccnc21. The highest BCUT2D eigenvalue weighted by atomic mass is 35.5. The Morgan fingerprint density at radius 2 is 2.06 bits per heavy atom. The maximum atomic E-state index is 6.08. The van der Waals surface area contributed by atoms with E-state index in [4.69, 9.17) is 23.2 Å². The van der Waals surface area contributed by atoms with Crippen LogP contribution >= 0.6 is 23.2 Å². The van der Waals surface area contributed by atoms with Crippen molar-refractivity contribution in [2.45, 2.75) is 26.2 Å². The molecule has 3 nitrogen and oxygen atoms in total. The van der Waals surface area contributed by atoms with E-state index in [2.05, 4.69) is 41.2 Å². The van der Waals surface area contributed by atoms with E-state index in [1.807, 2.05) is 0 Å².